The number of carbonyl (C=O) groups is 1. The monoisotopic (exact) mass is 372 g/mol. The molecule has 0 spiro atoms. The van der Waals surface area contributed by atoms with Gasteiger partial charge in [-0.15, -0.1) is 0 Å². The zero-order valence-electron chi connectivity index (χ0n) is 15.0. The molecule has 1 aliphatic rings. The fourth-order valence-corrected chi connectivity index (χ4v) is 3.22. The molecule has 138 valence electrons. The largest absolute Gasteiger partial charge is 0.497 e. The van der Waals surface area contributed by atoms with Gasteiger partial charge in [0.05, 0.1) is 17.7 Å². The van der Waals surface area contributed by atoms with E-state index < -0.39 is 4.92 Å². The van der Waals surface area contributed by atoms with E-state index in [9.17, 15) is 14.9 Å². The average Bonchev–Trinajstić information content (AvgIpc) is 3.00. The van der Waals surface area contributed by atoms with Crippen LogP contribution in [0.25, 0.3) is 11.8 Å². The molecule has 1 aliphatic heterocycles. The van der Waals surface area contributed by atoms with Gasteiger partial charge in [0.25, 0.3) is 11.6 Å². The minimum atomic E-state index is -0.436. The Balaban J connectivity index is 1.82. The van der Waals surface area contributed by atoms with Crippen LogP contribution in [-0.2, 0) is 0 Å². The van der Waals surface area contributed by atoms with Gasteiger partial charge in [0.15, 0.2) is 0 Å². The molecule has 0 atom stereocenters. The van der Waals surface area contributed by atoms with Crippen molar-refractivity contribution in [2.24, 2.45) is 0 Å². The smallest absolute Gasteiger partial charge is 0.269 e. The second-order valence-electron chi connectivity index (χ2n) is 6.26. The van der Waals surface area contributed by atoms with E-state index in [-0.39, 0.29) is 11.6 Å². The Morgan fingerprint density at radius 2 is 1.57 bits per heavy atom. The minimum absolute atomic E-state index is 0.0251. The number of benzene rings is 3. The molecular weight excluding hydrogens is 356 g/mol. The van der Waals surface area contributed by atoms with Gasteiger partial charge in [-0.05, 0) is 54.1 Å². The van der Waals surface area contributed by atoms with E-state index in [1.807, 2.05) is 36.4 Å². The molecule has 0 radical (unpaired) electrons. The lowest BCUT2D eigenvalue weighted by atomic mass is 10.1. The minimum Gasteiger partial charge on any atom is -0.497 e. The van der Waals surface area contributed by atoms with Crippen molar-refractivity contribution in [2.45, 2.75) is 0 Å². The van der Waals surface area contributed by atoms with Crippen LogP contribution in [0.15, 0.2) is 72.8 Å². The number of nitro groups is 1. The van der Waals surface area contributed by atoms with Gasteiger partial charge in [-0.25, -0.2) is 0 Å². The molecule has 1 amide bonds. The summed E-state index contributed by atoms with van der Waals surface area (Å²) >= 11 is 0. The highest BCUT2D eigenvalue weighted by Gasteiger charge is 2.33. The standard InChI is InChI=1S/C22H16N2O4/c1-28-18-12-10-16(11-13-18)23-21(19-4-2-3-5-20(19)22(23)25)14-15-6-8-17(9-7-15)24(26)27/h2-14H,1H3/b21-14-. The van der Waals surface area contributed by atoms with Crippen LogP contribution in [0.4, 0.5) is 11.4 Å². The Kier molecular flexibility index (Phi) is 4.37. The van der Waals surface area contributed by atoms with Crippen LogP contribution in [0.5, 0.6) is 5.75 Å². The third-order valence-corrected chi connectivity index (χ3v) is 4.62. The lowest BCUT2D eigenvalue weighted by molar-refractivity contribution is -0.384. The number of nitro benzene ring substituents is 1. The van der Waals surface area contributed by atoms with Gasteiger partial charge in [-0.1, -0.05) is 18.2 Å². The average molecular weight is 372 g/mol. The zero-order chi connectivity index (χ0) is 19.7. The molecule has 0 fully saturated rings. The van der Waals surface area contributed by atoms with Crippen molar-refractivity contribution < 1.29 is 14.5 Å². The summed E-state index contributed by atoms with van der Waals surface area (Å²) in [7, 11) is 1.59. The number of amides is 1. The molecule has 0 N–H and O–H groups in total. The first-order valence-corrected chi connectivity index (χ1v) is 8.62. The first-order valence-electron chi connectivity index (χ1n) is 8.62. The SMILES string of the molecule is COc1ccc(N2C(=O)c3ccccc3/C2=C/c2ccc([N+](=O)[O-])cc2)cc1. The second-order valence-corrected chi connectivity index (χ2v) is 6.26. The van der Waals surface area contributed by atoms with Gasteiger partial charge in [0, 0.05) is 28.9 Å². The predicted octanol–water partition coefficient (Wildman–Crippen LogP) is 4.76. The molecule has 0 saturated heterocycles. The summed E-state index contributed by atoms with van der Waals surface area (Å²) in [5.74, 6) is 0.586. The first kappa shape index (κ1) is 17.5. The third-order valence-electron chi connectivity index (χ3n) is 4.62. The summed E-state index contributed by atoms with van der Waals surface area (Å²) in [6, 6.07) is 20.9. The van der Waals surface area contributed by atoms with Crippen LogP contribution in [-0.4, -0.2) is 17.9 Å². The maximum atomic E-state index is 13.1. The van der Waals surface area contributed by atoms with Crippen molar-refractivity contribution in [3.05, 3.63) is 99.6 Å². The summed E-state index contributed by atoms with van der Waals surface area (Å²) in [5.41, 5.74) is 3.67. The van der Waals surface area contributed by atoms with E-state index >= 15 is 0 Å². The van der Waals surface area contributed by atoms with Crippen LogP contribution >= 0.6 is 0 Å². The lowest BCUT2D eigenvalue weighted by Crippen LogP contribution is -2.22. The highest BCUT2D eigenvalue weighted by atomic mass is 16.6. The molecule has 3 aromatic carbocycles. The van der Waals surface area contributed by atoms with Gasteiger partial charge in [-0.3, -0.25) is 19.8 Å². The summed E-state index contributed by atoms with van der Waals surface area (Å²) in [5, 5.41) is 10.9. The fourth-order valence-electron chi connectivity index (χ4n) is 3.22. The molecule has 3 aromatic rings. The van der Waals surface area contributed by atoms with Crippen LogP contribution < -0.4 is 9.64 Å². The summed E-state index contributed by atoms with van der Waals surface area (Å²) < 4.78 is 5.20. The number of methoxy groups -OCH3 is 1. The van der Waals surface area contributed by atoms with Crippen molar-refractivity contribution in [1.29, 1.82) is 0 Å². The Bertz CT molecular complexity index is 1090. The van der Waals surface area contributed by atoms with E-state index in [0.29, 0.717) is 11.3 Å². The Labute approximate surface area is 161 Å². The quantitative estimate of drug-likeness (QED) is 0.489. The molecule has 6 nitrogen and oxygen atoms in total. The summed E-state index contributed by atoms with van der Waals surface area (Å²) in [6.07, 6.45) is 1.86. The topological polar surface area (TPSA) is 72.7 Å². The van der Waals surface area contributed by atoms with Gasteiger partial charge >= 0.3 is 0 Å². The number of hydrogen-bond donors (Lipinski definition) is 0. The summed E-state index contributed by atoms with van der Waals surface area (Å²) in [4.78, 5) is 25.1. The zero-order valence-corrected chi connectivity index (χ0v) is 15.0. The number of nitrogens with zero attached hydrogens (tertiary/aromatic N) is 2. The molecule has 0 bridgehead atoms. The number of fused-ring (bicyclic) bond motifs is 1. The second kappa shape index (κ2) is 7.00. The number of non-ortho nitro benzene ring substituents is 1. The Morgan fingerprint density at radius 1 is 0.929 bits per heavy atom. The van der Waals surface area contributed by atoms with Crippen molar-refractivity contribution in [3.63, 3.8) is 0 Å². The van der Waals surface area contributed by atoms with Crippen molar-refractivity contribution in [1.82, 2.24) is 0 Å². The van der Waals surface area contributed by atoms with E-state index in [0.717, 1.165) is 22.5 Å². The van der Waals surface area contributed by atoms with E-state index in [1.165, 1.54) is 12.1 Å². The normalized spacial score (nSPS) is 14.2. The molecular formula is C22H16N2O4. The Morgan fingerprint density at radius 3 is 2.18 bits per heavy atom. The summed E-state index contributed by atoms with van der Waals surface area (Å²) in [6.45, 7) is 0. The third kappa shape index (κ3) is 3.01. The van der Waals surface area contributed by atoms with Crippen molar-refractivity contribution in [3.8, 4) is 5.75 Å². The van der Waals surface area contributed by atoms with Crippen molar-refractivity contribution >= 4 is 29.1 Å². The van der Waals surface area contributed by atoms with Crippen LogP contribution in [0.1, 0.15) is 21.5 Å². The maximum absolute atomic E-state index is 13.1. The highest BCUT2D eigenvalue weighted by Crippen LogP contribution is 2.38. The molecule has 28 heavy (non-hydrogen) atoms. The van der Waals surface area contributed by atoms with Gasteiger partial charge in [0.1, 0.15) is 5.75 Å². The maximum Gasteiger partial charge on any atom is 0.269 e. The van der Waals surface area contributed by atoms with E-state index in [4.69, 9.17) is 4.74 Å². The number of anilines is 1. The van der Waals surface area contributed by atoms with Gasteiger partial charge in [0.2, 0.25) is 0 Å². The number of carbonyl (C=O) groups excluding carboxylic acids is 1. The molecule has 1 heterocycles. The Hall–Kier alpha value is -3.93. The molecule has 6 heteroatoms. The fraction of sp³-hybridized carbons (Fsp3) is 0.0455. The van der Waals surface area contributed by atoms with Crippen LogP contribution in [0, 0.1) is 10.1 Å². The van der Waals surface area contributed by atoms with Gasteiger partial charge < -0.3 is 4.74 Å². The van der Waals surface area contributed by atoms with E-state index in [2.05, 4.69) is 0 Å². The molecule has 0 unspecified atom stereocenters. The van der Waals surface area contributed by atoms with E-state index in [1.54, 1.807) is 42.3 Å². The number of ether oxygens (including phenoxy) is 1. The lowest BCUT2D eigenvalue weighted by Gasteiger charge is -2.19. The molecule has 0 aromatic heterocycles. The molecule has 0 saturated carbocycles. The predicted molar refractivity (Wildman–Crippen MR) is 107 cm³/mol. The first-order chi connectivity index (χ1) is 13.6. The van der Waals surface area contributed by atoms with Crippen molar-refractivity contribution in [2.75, 3.05) is 12.0 Å². The van der Waals surface area contributed by atoms with Crippen LogP contribution in [0.2, 0.25) is 0 Å². The molecule has 4 rings (SSSR count). The number of rotatable bonds is 4. The van der Waals surface area contributed by atoms with Gasteiger partial charge in [-0.2, -0.15) is 0 Å². The molecule has 0 aliphatic carbocycles. The van der Waals surface area contributed by atoms with Crippen LogP contribution in [0.3, 0.4) is 0 Å². The number of hydrogen-bond acceptors (Lipinski definition) is 4. The highest BCUT2D eigenvalue weighted by molar-refractivity contribution is 6.24.